The topological polar surface area (TPSA) is 154 Å². The van der Waals surface area contributed by atoms with Crippen LogP contribution in [0.3, 0.4) is 0 Å². The molecule has 0 aromatic heterocycles. The van der Waals surface area contributed by atoms with Crippen molar-refractivity contribution in [2.75, 3.05) is 64.5 Å². The minimum atomic E-state index is -0.809. The summed E-state index contributed by atoms with van der Waals surface area (Å²) < 4.78 is 10.8. The summed E-state index contributed by atoms with van der Waals surface area (Å²) in [6.45, 7) is 10.9. The summed E-state index contributed by atoms with van der Waals surface area (Å²) in [4.78, 5) is 48.6. The molecule has 1 aromatic rings. The number of Topliss-reactive ketones (excluding diaryl/α,β-unsaturated/α-hetero) is 1. The van der Waals surface area contributed by atoms with Gasteiger partial charge in [-0.2, -0.15) is 0 Å². The van der Waals surface area contributed by atoms with E-state index < -0.39 is 30.0 Å². The molecule has 1 aromatic carbocycles. The first-order chi connectivity index (χ1) is 18.5. The summed E-state index contributed by atoms with van der Waals surface area (Å²) in [5, 5.41) is 3.80. The molecule has 3 aliphatic heterocycles. The fraction of sp³-hybridized carbons (Fsp3) is 0.667. The normalized spacial score (nSPS) is 24.4. The molecule has 4 atom stereocenters. The van der Waals surface area contributed by atoms with Crippen molar-refractivity contribution in [2.24, 2.45) is 16.3 Å². The number of rotatable bonds is 9. The van der Waals surface area contributed by atoms with Gasteiger partial charge in [-0.05, 0) is 41.1 Å². The Hall–Kier alpha value is -3.18. The van der Waals surface area contributed by atoms with Crippen molar-refractivity contribution < 1.29 is 23.9 Å². The Morgan fingerprint density at radius 1 is 1.26 bits per heavy atom. The van der Waals surface area contributed by atoms with Crippen LogP contribution in [0.5, 0.6) is 0 Å². The van der Waals surface area contributed by atoms with E-state index in [4.69, 9.17) is 20.7 Å². The van der Waals surface area contributed by atoms with E-state index in [9.17, 15) is 14.4 Å². The zero-order chi connectivity index (χ0) is 28.3. The number of hydrogen-bond acceptors (Lipinski definition) is 8. The van der Waals surface area contributed by atoms with Crippen LogP contribution in [0.15, 0.2) is 23.3 Å². The fourth-order valence-electron chi connectivity index (χ4n) is 5.88. The summed E-state index contributed by atoms with van der Waals surface area (Å²) in [7, 11) is 1.70. The first-order valence-corrected chi connectivity index (χ1v) is 13.4. The summed E-state index contributed by atoms with van der Waals surface area (Å²) >= 11 is 0. The number of ketones is 1. The number of anilines is 1. The zero-order valence-electron chi connectivity index (χ0n) is 23.2. The maximum Gasteiger partial charge on any atom is 0.249 e. The molecule has 2 N–H and O–H groups in total. The SMILES string of the molecule is COCCN1CCN(c2ccc(C(N)=O)c([C@H](CC(C)(C)C)C(=O)N3C[C@H](N=[N+]=[N-])[C@H]4OCC(=O)[C@H]43)c2)CC1. The van der Waals surface area contributed by atoms with Gasteiger partial charge in [-0.15, -0.1) is 0 Å². The zero-order valence-corrected chi connectivity index (χ0v) is 23.2. The molecule has 0 bridgehead atoms. The average Bonchev–Trinajstić information content (AvgIpc) is 3.46. The number of carbonyl (C=O) groups is 3. The molecule has 3 saturated heterocycles. The molecule has 39 heavy (non-hydrogen) atoms. The smallest absolute Gasteiger partial charge is 0.249 e. The highest BCUT2D eigenvalue weighted by Gasteiger charge is 2.53. The first-order valence-electron chi connectivity index (χ1n) is 13.4. The van der Waals surface area contributed by atoms with Crippen LogP contribution in [0.25, 0.3) is 10.4 Å². The van der Waals surface area contributed by atoms with Gasteiger partial charge in [0.05, 0.1) is 24.7 Å². The Bertz CT molecular complexity index is 1140. The van der Waals surface area contributed by atoms with Crippen LogP contribution in [0.1, 0.15) is 49.0 Å². The number of amides is 2. The highest BCUT2D eigenvalue weighted by Crippen LogP contribution is 2.39. The molecule has 3 fully saturated rings. The average molecular weight is 542 g/mol. The van der Waals surface area contributed by atoms with Crippen LogP contribution in [0, 0.1) is 5.41 Å². The number of benzene rings is 1. The number of fused-ring (bicyclic) bond motifs is 1. The van der Waals surface area contributed by atoms with Crippen molar-refractivity contribution in [2.45, 2.75) is 51.3 Å². The largest absolute Gasteiger partial charge is 0.383 e. The van der Waals surface area contributed by atoms with Crippen LogP contribution >= 0.6 is 0 Å². The summed E-state index contributed by atoms with van der Waals surface area (Å²) in [5.74, 6) is -1.85. The summed E-state index contributed by atoms with van der Waals surface area (Å²) in [5.41, 5.74) is 16.3. The van der Waals surface area contributed by atoms with E-state index >= 15 is 0 Å². The molecule has 0 saturated carbocycles. The molecule has 0 radical (unpaired) electrons. The van der Waals surface area contributed by atoms with E-state index in [0.717, 1.165) is 38.4 Å². The van der Waals surface area contributed by atoms with Gasteiger partial charge in [-0.3, -0.25) is 19.3 Å². The Balaban J connectivity index is 1.68. The van der Waals surface area contributed by atoms with Crippen molar-refractivity contribution >= 4 is 23.3 Å². The lowest BCUT2D eigenvalue weighted by Gasteiger charge is -2.37. The predicted molar refractivity (Wildman–Crippen MR) is 145 cm³/mol. The quantitative estimate of drug-likeness (QED) is 0.285. The number of likely N-dealkylation sites (tertiary alicyclic amines) is 1. The summed E-state index contributed by atoms with van der Waals surface area (Å²) in [6.07, 6.45) is -0.237. The standard InChI is InChI=1S/C27H39N7O5/c1-27(2,3)14-20(26(37)34-15-21(30-31-29)24-23(34)22(35)16-39-24)19-13-17(5-6-18(19)25(28)36)33-9-7-32(8-10-33)11-12-38-4/h5-6,13,20-21,23-24H,7-12,14-16H2,1-4H3,(H2,28,36)/t20-,21-,23+,24+/m0/s1. The third-order valence-electron chi connectivity index (χ3n) is 7.78. The van der Waals surface area contributed by atoms with Crippen molar-refractivity contribution in [3.63, 3.8) is 0 Å². The lowest BCUT2D eigenvalue weighted by Crippen LogP contribution is -2.47. The molecular formula is C27H39N7O5. The second-order valence-corrected chi connectivity index (χ2v) is 11.7. The van der Waals surface area contributed by atoms with Gasteiger partial charge in [0.15, 0.2) is 5.78 Å². The van der Waals surface area contributed by atoms with Gasteiger partial charge in [0.1, 0.15) is 12.6 Å². The van der Waals surface area contributed by atoms with Crippen LogP contribution in [-0.2, 0) is 19.1 Å². The van der Waals surface area contributed by atoms with Crippen molar-refractivity contribution in [3.05, 3.63) is 39.8 Å². The van der Waals surface area contributed by atoms with Gasteiger partial charge in [-0.1, -0.05) is 25.9 Å². The van der Waals surface area contributed by atoms with Crippen LogP contribution < -0.4 is 10.6 Å². The summed E-state index contributed by atoms with van der Waals surface area (Å²) in [6, 6.07) is 4.03. The molecule has 0 spiro atoms. The Labute approximate surface area is 229 Å². The molecule has 3 heterocycles. The van der Waals surface area contributed by atoms with E-state index in [1.807, 2.05) is 32.9 Å². The van der Waals surface area contributed by atoms with Gasteiger partial charge < -0.3 is 25.0 Å². The number of nitrogens with zero attached hydrogens (tertiary/aromatic N) is 6. The van der Waals surface area contributed by atoms with Crippen molar-refractivity contribution in [1.29, 1.82) is 0 Å². The molecule has 12 nitrogen and oxygen atoms in total. The lowest BCUT2D eigenvalue weighted by atomic mass is 9.79. The van der Waals surface area contributed by atoms with E-state index in [1.165, 1.54) is 4.90 Å². The lowest BCUT2D eigenvalue weighted by molar-refractivity contribution is -0.138. The van der Waals surface area contributed by atoms with Gasteiger partial charge in [0, 0.05) is 62.5 Å². The van der Waals surface area contributed by atoms with E-state index in [-0.39, 0.29) is 35.8 Å². The number of azide groups is 1. The molecule has 212 valence electrons. The number of carbonyl (C=O) groups excluding carboxylic acids is 3. The van der Waals surface area contributed by atoms with E-state index in [1.54, 1.807) is 13.2 Å². The molecule has 12 heteroatoms. The van der Waals surface area contributed by atoms with E-state index in [0.29, 0.717) is 18.6 Å². The van der Waals surface area contributed by atoms with Crippen molar-refractivity contribution in [3.8, 4) is 0 Å². The highest BCUT2D eigenvalue weighted by molar-refractivity contribution is 5.99. The number of piperazine rings is 1. The fourth-order valence-corrected chi connectivity index (χ4v) is 5.88. The second-order valence-electron chi connectivity index (χ2n) is 11.7. The van der Waals surface area contributed by atoms with Gasteiger partial charge in [0.25, 0.3) is 0 Å². The minimum Gasteiger partial charge on any atom is -0.383 e. The number of methoxy groups -OCH3 is 1. The molecule has 0 aliphatic carbocycles. The molecule has 3 aliphatic rings. The maximum atomic E-state index is 14.3. The Morgan fingerprint density at radius 2 is 1.97 bits per heavy atom. The number of nitrogens with two attached hydrogens (primary N) is 1. The highest BCUT2D eigenvalue weighted by atomic mass is 16.5. The Morgan fingerprint density at radius 3 is 2.59 bits per heavy atom. The molecular weight excluding hydrogens is 502 g/mol. The second kappa shape index (κ2) is 11.9. The van der Waals surface area contributed by atoms with E-state index in [2.05, 4.69) is 19.8 Å². The number of ether oxygens (including phenoxy) is 2. The monoisotopic (exact) mass is 541 g/mol. The third kappa shape index (κ3) is 6.36. The van der Waals surface area contributed by atoms with Crippen LogP contribution in [0.4, 0.5) is 5.69 Å². The maximum absolute atomic E-state index is 14.3. The van der Waals surface area contributed by atoms with Crippen LogP contribution in [0.2, 0.25) is 0 Å². The van der Waals surface area contributed by atoms with Gasteiger partial charge in [0.2, 0.25) is 11.8 Å². The first kappa shape index (κ1) is 28.8. The number of primary amides is 1. The number of hydrogen-bond donors (Lipinski definition) is 1. The third-order valence-corrected chi connectivity index (χ3v) is 7.78. The van der Waals surface area contributed by atoms with Gasteiger partial charge >= 0.3 is 0 Å². The molecule has 0 unspecified atom stereocenters. The minimum absolute atomic E-state index is 0.0830. The Kier molecular flexibility index (Phi) is 8.80. The van der Waals surface area contributed by atoms with Crippen molar-refractivity contribution in [1.82, 2.24) is 9.80 Å². The molecule has 2 amide bonds. The predicted octanol–water partition coefficient (Wildman–Crippen LogP) is 1.93. The van der Waals surface area contributed by atoms with Crippen LogP contribution in [-0.4, -0.2) is 105 Å². The molecule has 4 rings (SSSR count). The van der Waals surface area contributed by atoms with Gasteiger partial charge in [-0.25, -0.2) is 0 Å².